The van der Waals surface area contributed by atoms with E-state index in [1.165, 1.54) is 6.07 Å². The molecule has 4 nitrogen and oxygen atoms in total. The smallest absolute Gasteiger partial charge is 0.238 e. The third kappa shape index (κ3) is 3.97. The van der Waals surface area contributed by atoms with E-state index in [4.69, 9.17) is 40.5 Å². The van der Waals surface area contributed by atoms with E-state index in [9.17, 15) is 4.79 Å². The van der Waals surface area contributed by atoms with Crippen molar-refractivity contribution in [3.8, 4) is 0 Å². The summed E-state index contributed by atoms with van der Waals surface area (Å²) in [5, 5.41) is 3.79. The molecule has 19 heavy (non-hydrogen) atoms. The molecule has 104 valence electrons. The highest BCUT2D eigenvalue weighted by Crippen LogP contribution is 2.32. The van der Waals surface area contributed by atoms with E-state index in [1.54, 1.807) is 6.07 Å². The summed E-state index contributed by atoms with van der Waals surface area (Å²) in [7, 11) is 0. The molecule has 1 amide bonds. The molecule has 1 saturated heterocycles. The molecular formula is C12H14Cl3N3O. The predicted molar refractivity (Wildman–Crippen MR) is 79.1 cm³/mol. The molecule has 0 bridgehead atoms. The van der Waals surface area contributed by atoms with Gasteiger partial charge in [0.2, 0.25) is 5.91 Å². The van der Waals surface area contributed by atoms with Gasteiger partial charge in [-0.05, 0) is 18.6 Å². The van der Waals surface area contributed by atoms with E-state index >= 15 is 0 Å². The van der Waals surface area contributed by atoms with Crippen LogP contribution >= 0.6 is 34.8 Å². The first-order valence-corrected chi connectivity index (χ1v) is 7.01. The van der Waals surface area contributed by atoms with Crippen molar-refractivity contribution >= 4 is 46.4 Å². The summed E-state index contributed by atoms with van der Waals surface area (Å²) in [6.45, 7) is 1.87. The number of amides is 1. The molecule has 1 fully saturated rings. The number of hydrogen-bond donors (Lipinski definition) is 2. The van der Waals surface area contributed by atoms with Crippen molar-refractivity contribution in [1.82, 2.24) is 4.90 Å². The molecule has 7 heteroatoms. The number of benzene rings is 1. The van der Waals surface area contributed by atoms with E-state index in [0.29, 0.717) is 27.3 Å². The highest BCUT2D eigenvalue weighted by molar-refractivity contribution is 6.44. The summed E-state index contributed by atoms with van der Waals surface area (Å²) in [5.74, 6) is -0.144. The lowest BCUT2D eigenvalue weighted by atomic mass is 10.3. The molecule has 3 N–H and O–H groups in total. The third-order valence-corrected chi connectivity index (χ3v) is 3.99. The topological polar surface area (TPSA) is 58.4 Å². The standard InChI is InChI=1S/C12H14Cl3N3O/c13-8-3-10(15)11(4-9(8)14)17-12(19)6-18-2-1-7(16)5-18/h3-4,7H,1-2,5-6,16H2,(H,17,19). The van der Waals surface area contributed by atoms with Crippen molar-refractivity contribution in [3.63, 3.8) is 0 Å². The van der Waals surface area contributed by atoms with Crippen LogP contribution < -0.4 is 11.1 Å². The van der Waals surface area contributed by atoms with Crippen molar-refractivity contribution in [2.24, 2.45) is 5.73 Å². The molecule has 0 aromatic heterocycles. The molecule has 1 heterocycles. The molecule has 0 spiro atoms. The largest absolute Gasteiger partial charge is 0.326 e. The quantitative estimate of drug-likeness (QED) is 0.841. The molecule has 0 aliphatic carbocycles. The highest BCUT2D eigenvalue weighted by Gasteiger charge is 2.21. The zero-order chi connectivity index (χ0) is 14.0. The molecule has 1 atom stereocenters. The molecule has 2 rings (SSSR count). The number of rotatable bonds is 3. The Morgan fingerprint density at radius 2 is 2.00 bits per heavy atom. The maximum absolute atomic E-state index is 11.9. The Morgan fingerprint density at radius 1 is 1.32 bits per heavy atom. The Hall–Kier alpha value is -0.520. The number of hydrogen-bond acceptors (Lipinski definition) is 3. The van der Waals surface area contributed by atoms with Crippen molar-refractivity contribution in [2.45, 2.75) is 12.5 Å². The van der Waals surface area contributed by atoms with Gasteiger partial charge < -0.3 is 11.1 Å². The average Bonchev–Trinajstić information content (AvgIpc) is 2.71. The van der Waals surface area contributed by atoms with Crippen LogP contribution in [-0.2, 0) is 4.79 Å². The van der Waals surface area contributed by atoms with Gasteiger partial charge >= 0.3 is 0 Å². The van der Waals surface area contributed by atoms with Crippen molar-refractivity contribution in [2.75, 3.05) is 25.0 Å². The summed E-state index contributed by atoms with van der Waals surface area (Å²) >= 11 is 17.7. The van der Waals surface area contributed by atoms with Gasteiger partial charge in [0.25, 0.3) is 0 Å². The van der Waals surface area contributed by atoms with Crippen LogP contribution in [0, 0.1) is 0 Å². The van der Waals surface area contributed by atoms with Crippen LogP contribution in [0.4, 0.5) is 5.69 Å². The molecular weight excluding hydrogens is 309 g/mol. The number of nitrogens with two attached hydrogens (primary N) is 1. The van der Waals surface area contributed by atoms with Gasteiger partial charge in [0.05, 0.1) is 27.3 Å². The Morgan fingerprint density at radius 3 is 2.63 bits per heavy atom. The molecule has 1 aliphatic rings. The first kappa shape index (κ1) is 14.9. The van der Waals surface area contributed by atoms with Crippen molar-refractivity contribution in [1.29, 1.82) is 0 Å². The van der Waals surface area contributed by atoms with E-state index in [1.807, 2.05) is 4.90 Å². The average molecular weight is 323 g/mol. The summed E-state index contributed by atoms with van der Waals surface area (Å²) in [4.78, 5) is 13.9. The van der Waals surface area contributed by atoms with Crippen LogP contribution in [0.3, 0.4) is 0 Å². The van der Waals surface area contributed by atoms with E-state index in [2.05, 4.69) is 5.32 Å². The number of likely N-dealkylation sites (tertiary alicyclic amines) is 1. The Kier molecular flexibility index (Phi) is 4.92. The van der Waals surface area contributed by atoms with Crippen LogP contribution in [0.25, 0.3) is 0 Å². The maximum Gasteiger partial charge on any atom is 0.238 e. The van der Waals surface area contributed by atoms with Crippen LogP contribution in [-0.4, -0.2) is 36.5 Å². The minimum atomic E-state index is -0.144. The highest BCUT2D eigenvalue weighted by atomic mass is 35.5. The van der Waals surface area contributed by atoms with E-state index < -0.39 is 0 Å². The first-order valence-electron chi connectivity index (χ1n) is 5.88. The second-order valence-corrected chi connectivity index (χ2v) is 5.80. The van der Waals surface area contributed by atoms with Crippen LogP contribution in [0.5, 0.6) is 0 Å². The number of nitrogens with one attached hydrogen (secondary N) is 1. The summed E-state index contributed by atoms with van der Waals surface area (Å²) in [6.07, 6.45) is 0.917. The van der Waals surface area contributed by atoms with Crippen molar-refractivity contribution < 1.29 is 4.79 Å². The number of nitrogens with zero attached hydrogens (tertiary/aromatic N) is 1. The van der Waals surface area contributed by atoms with Gasteiger partial charge in [-0.3, -0.25) is 9.69 Å². The minimum Gasteiger partial charge on any atom is -0.326 e. The summed E-state index contributed by atoms with van der Waals surface area (Å²) < 4.78 is 0. The fraction of sp³-hybridized carbons (Fsp3) is 0.417. The minimum absolute atomic E-state index is 0.144. The maximum atomic E-state index is 11.9. The van der Waals surface area contributed by atoms with Crippen LogP contribution in [0.15, 0.2) is 12.1 Å². The Labute approximate surface area is 126 Å². The van der Waals surface area contributed by atoms with Gasteiger partial charge in [0.1, 0.15) is 0 Å². The van der Waals surface area contributed by atoms with E-state index in [0.717, 1.165) is 19.5 Å². The van der Waals surface area contributed by atoms with Crippen LogP contribution in [0.2, 0.25) is 15.1 Å². The fourth-order valence-corrected chi connectivity index (χ4v) is 2.61. The molecule has 0 saturated carbocycles. The Balaban J connectivity index is 1.97. The van der Waals surface area contributed by atoms with E-state index in [-0.39, 0.29) is 11.9 Å². The van der Waals surface area contributed by atoms with Gasteiger partial charge in [-0.15, -0.1) is 0 Å². The molecule has 1 aromatic carbocycles. The van der Waals surface area contributed by atoms with Gasteiger partial charge in [-0.1, -0.05) is 34.8 Å². The second-order valence-electron chi connectivity index (χ2n) is 4.58. The summed E-state index contributed by atoms with van der Waals surface area (Å²) in [5.41, 5.74) is 6.25. The lowest BCUT2D eigenvalue weighted by molar-refractivity contribution is -0.117. The van der Waals surface area contributed by atoms with Gasteiger partial charge in [-0.25, -0.2) is 0 Å². The number of carbonyl (C=O) groups excluding carboxylic acids is 1. The SMILES string of the molecule is NC1CCN(CC(=O)Nc2cc(Cl)c(Cl)cc2Cl)C1. The molecule has 1 aromatic rings. The number of halogens is 3. The normalized spacial score (nSPS) is 19.7. The third-order valence-electron chi connectivity index (χ3n) is 2.96. The second kappa shape index (κ2) is 6.29. The zero-order valence-corrected chi connectivity index (χ0v) is 12.4. The monoisotopic (exact) mass is 321 g/mol. The molecule has 0 radical (unpaired) electrons. The molecule has 1 aliphatic heterocycles. The number of carbonyl (C=O) groups is 1. The molecule has 1 unspecified atom stereocenters. The van der Waals surface area contributed by atoms with Gasteiger partial charge in [-0.2, -0.15) is 0 Å². The van der Waals surface area contributed by atoms with Crippen LogP contribution in [0.1, 0.15) is 6.42 Å². The lowest BCUT2D eigenvalue weighted by Gasteiger charge is -2.15. The van der Waals surface area contributed by atoms with Crippen molar-refractivity contribution in [3.05, 3.63) is 27.2 Å². The fourth-order valence-electron chi connectivity index (χ4n) is 2.02. The Bertz CT molecular complexity index is 495. The summed E-state index contributed by atoms with van der Waals surface area (Å²) in [6, 6.07) is 3.20. The lowest BCUT2D eigenvalue weighted by Crippen LogP contribution is -2.33. The predicted octanol–water partition coefficient (Wildman–Crippen LogP) is 2.62. The zero-order valence-electron chi connectivity index (χ0n) is 10.1. The first-order chi connectivity index (χ1) is 8.95. The number of anilines is 1. The van der Waals surface area contributed by atoms with Gasteiger partial charge in [0, 0.05) is 19.1 Å². The van der Waals surface area contributed by atoms with Gasteiger partial charge in [0.15, 0.2) is 0 Å².